The van der Waals surface area contributed by atoms with Crippen molar-refractivity contribution in [3.8, 4) is 22.7 Å². The number of H-pyrrole nitrogens is 1. The standard InChI is InChI=1S/C21H16N4O4S/c1-29-17-8-3-2-7-15(17)16-12-30-21(22-16)23-20(28)13-5-4-6-14(11-13)25-19(27)10-9-18(26)24-25/h2-12H,1H3,(H,24,26)(H,22,23,28). The number of methoxy groups -OCH3 is 1. The maximum atomic E-state index is 12.7. The summed E-state index contributed by atoms with van der Waals surface area (Å²) in [5.41, 5.74) is 1.38. The second kappa shape index (κ2) is 8.18. The van der Waals surface area contributed by atoms with Gasteiger partial charge in [0.2, 0.25) is 0 Å². The Hall–Kier alpha value is -3.98. The van der Waals surface area contributed by atoms with E-state index in [0.29, 0.717) is 27.8 Å². The van der Waals surface area contributed by atoms with E-state index >= 15 is 0 Å². The minimum atomic E-state index is -0.420. The number of carbonyl (C=O) groups excluding carboxylic acids is 1. The number of thiazole rings is 1. The topological polar surface area (TPSA) is 106 Å². The number of rotatable bonds is 5. The van der Waals surface area contributed by atoms with Crippen molar-refractivity contribution in [1.29, 1.82) is 0 Å². The van der Waals surface area contributed by atoms with E-state index in [1.54, 1.807) is 25.3 Å². The van der Waals surface area contributed by atoms with Crippen LogP contribution in [0.5, 0.6) is 5.75 Å². The number of aromatic amines is 1. The van der Waals surface area contributed by atoms with Gasteiger partial charge in [-0.05, 0) is 30.3 Å². The lowest BCUT2D eigenvalue weighted by Gasteiger charge is -2.07. The zero-order valence-corrected chi connectivity index (χ0v) is 16.6. The normalized spacial score (nSPS) is 10.6. The third kappa shape index (κ3) is 3.91. The molecule has 9 heteroatoms. The summed E-state index contributed by atoms with van der Waals surface area (Å²) in [6.07, 6.45) is 0. The summed E-state index contributed by atoms with van der Waals surface area (Å²) < 4.78 is 6.44. The van der Waals surface area contributed by atoms with E-state index in [9.17, 15) is 14.4 Å². The van der Waals surface area contributed by atoms with Crippen molar-refractivity contribution in [3.63, 3.8) is 0 Å². The van der Waals surface area contributed by atoms with E-state index in [1.807, 2.05) is 29.6 Å². The fourth-order valence-electron chi connectivity index (χ4n) is 2.88. The van der Waals surface area contributed by atoms with E-state index in [4.69, 9.17) is 4.74 Å². The van der Waals surface area contributed by atoms with Crippen LogP contribution in [0.1, 0.15) is 10.4 Å². The summed E-state index contributed by atoms with van der Waals surface area (Å²) >= 11 is 1.29. The summed E-state index contributed by atoms with van der Waals surface area (Å²) in [5, 5.41) is 7.45. The number of nitrogens with zero attached hydrogens (tertiary/aromatic N) is 2. The number of carbonyl (C=O) groups is 1. The maximum Gasteiger partial charge on any atom is 0.269 e. The molecule has 4 rings (SSSR count). The van der Waals surface area contributed by atoms with Crippen LogP contribution in [-0.4, -0.2) is 27.8 Å². The summed E-state index contributed by atoms with van der Waals surface area (Å²) in [7, 11) is 1.59. The van der Waals surface area contributed by atoms with Crippen molar-refractivity contribution in [2.24, 2.45) is 0 Å². The van der Waals surface area contributed by atoms with Crippen molar-refractivity contribution >= 4 is 22.4 Å². The smallest absolute Gasteiger partial charge is 0.269 e. The van der Waals surface area contributed by atoms with Crippen molar-refractivity contribution in [2.75, 3.05) is 12.4 Å². The molecule has 30 heavy (non-hydrogen) atoms. The van der Waals surface area contributed by atoms with Crippen LogP contribution >= 0.6 is 11.3 Å². The highest BCUT2D eigenvalue weighted by atomic mass is 32.1. The van der Waals surface area contributed by atoms with Gasteiger partial charge in [-0.1, -0.05) is 18.2 Å². The molecular weight excluding hydrogens is 404 g/mol. The van der Waals surface area contributed by atoms with Crippen LogP contribution in [0, 0.1) is 0 Å². The highest BCUT2D eigenvalue weighted by Crippen LogP contribution is 2.32. The second-order valence-electron chi connectivity index (χ2n) is 6.23. The van der Waals surface area contributed by atoms with Gasteiger partial charge < -0.3 is 4.74 Å². The van der Waals surface area contributed by atoms with Crippen LogP contribution in [0.25, 0.3) is 16.9 Å². The third-order valence-corrected chi connectivity index (χ3v) is 5.05. The van der Waals surface area contributed by atoms with Crippen LogP contribution in [0.15, 0.2) is 75.6 Å². The predicted molar refractivity (Wildman–Crippen MR) is 115 cm³/mol. The molecule has 150 valence electrons. The Morgan fingerprint density at radius 1 is 1.10 bits per heavy atom. The van der Waals surface area contributed by atoms with E-state index in [2.05, 4.69) is 15.4 Å². The lowest BCUT2D eigenvalue weighted by atomic mass is 10.1. The molecule has 1 amide bonds. The third-order valence-electron chi connectivity index (χ3n) is 4.29. The average Bonchev–Trinajstić information content (AvgIpc) is 3.23. The van der Waals surface area contributed by atoms with Gasteiger partial charge in [0, 0.05) is 28.6 Å². The number of aromatic nitrogens is 3. The number of hydrogen-bond acceptors (Lipinski definition) is 6. The molecule has 0 unspecified atom stereocenters. The van der Waals surface area contributed by atoms with Gasteiger partial charge in [-0.2, -0.15) is 0 Å². The molecule has 0 radical (unpaired) electrons. The first-order valence-corrected chi connectivity index (χ1v) is 9.76. The molecule has 0 aliphatic heterocycles. The number of para-hydroxylation sites is 1. The zero-order chi connectivity index (χ0) is 21.1. The van der Waals surface area contributed by atoms with Crippen molar-refractivity contribution in [1.82, 2.24) is 14.8 Å². The Morgan fingerprint density at radius 3 is 2.77 bits per heavy atom. The molecule has 2 N–H and O–H groups in total. The van der Waals surface area contributed by atoms with E-state index in [-0.39, 0.29) is 5.91 Å². The Bertz CT molecular complexity index is 1340. The van der Waals surface area contributed by atoms with E-state index in [1.165, 1.54) is 23.5 Å². The molecule has 8 nitrogen and oxygen atoms in total. The SMILES string of the molecule is COc1ccccc1-c1csc(NC(=O)c2cccc(-n3[nH]c(=O)ccc3=O)c2)n1. The monoisotopic (exact) mass is 420 g/mol. The quantitative estimate of drug-likeness (QED) is 0.516. The van der Waals surface area contributed by atoms with Gasteiger partial charge in [0.15, 0.2) is 5.13 Å². The van der Waals surface area contributed by atoms with Gasteiger partial charge in [-0.25, -0.2) is 9.67 Å². The molecule has 2 aromatic carbocycles. The highest BCUT2D eigenvalue weighted by molar-refractivity contribution is 7.14. The first kappa shape index (κ1) is 19.3. The Morgan fingerprint density at radius 2 is 1.93 bits per heavy atom. The molecule has 4 aromatic rings. The molecule has 0 fully saturated rings. The Labute approximate surface area is 174 Å². The fourth-order valence-corrected chi connectivity index (χ4v) is 3.59. The molecule has 0 bridgehead atoms. The van der Waals surface area contributed by atoms with Gasteiger partial charge in [-0.15, -0.1) is 11.3 Å². The minimum absolute atomic E-state index is 0.318. The second-order valence-corrected chi connectivity index (χ2v) is 7.08. The number of hydrogen-bond donors (Lipinski definition) is 2. The largest absolute Gasteiger partial charge is 0.496 e. The van der Waals surface area contributed by atoms with Crippen LogP contribution < -0.4 is 21.2 Å². The number of benzene rings is 2. The van der Waals surface area contributed by atoms with Gasteiger partial charge >= 0.3 is 0 Å². The summed E-state index contributed by atoms with van der Waals surface area (Å²) in [6, 6.07) is 16.2. The molecule has 0 saturated heterocycles. The molecule has 0 aliphatic rings. The zero-order valence-electron chi connectivity index (χ0n) is 15.8. The molecule has 0 atom stereocenters. The molecular formula is C21H16N4O4S. The average molecular weight is 420 g/mol. The molecule has 0 aliphatic carbocycles. The van der Waals surface area contributed by atoms with Gasteiger partial charge in [-0.3, -0.25) is 24.8 Å². The lowest BCUT2D eigenvalue weighted by molar-refractivity contribution is 0.102. The van der Waals surface area contributed by atoms with Crippen LogP contribution in [0.4, 0.5) is 5.13 Å². The minimum Gasteiger partial charge on any atom is -0.496 e. The predicted octanol–water partition coefficient (Wildman–Crippen LogP) is 2.91. The van der Waals surface area contributed by atoms with E-state index in [0.717, 1.165) is 16.3 Å². The Balaban J connectivity index is 1.58. The number of nitrogens with one attached hydrogen (secondary N) is 2. The summed E-state index contributed by atoms with van der Waals surface area (Å²) in [5.74, 6) is 0.305. The number of ether oxygens (including phenoxy) is 1. The van der Waals surface area contributed by atoms with Gasteiger partial charge in [0.1, 0.15) is 5.75 Å². The Kier molecular flexibility index (Phi) is 5.27. The molecule has 0 spiro atoms. The fraction of sp³-hybridized carbons (Fsp3) is 0.0476. The van der Waals surface area contributed by atoms with Crippen LogP contribution in [-0.2, 0) is 0 Å². The molecule has 2 heterocycles. The maximum absolute atomic E-state index is 12.7. The first-order chi connectivity index (χ1) is 14.5. The van der Waals surface area contributed by atoms with Gasteiger partial charge in [0.25, 0.3) is 17.0 Å². The van der Waals surface area contributed by atoms with Crippen LogP contribution in [0.3, 0.4) is 0 Å². The molecule has 2 aromatic heterocycles. The number of anilines is 1. The first-order valence-electron chi connectivity index (χ1n) is 8.88. The van der Waals surface area contributed by atoms with Crippen LogP contribution in [0.2, 0.25) is 0 Å². The highest BCUT2D eigenvalue weighted by Gasteiger charge is 2.13. The lowest BCUT2D eigenvalue weighted by Crippen LogP contribution is -2.26. The van der Waals surface area contributed by atoms with Crippen molar-refractivity contribution in [3.05, 3.63) is 92.3 Å². The van der Waals surface area contributed by atoms with Gasteiger partial charge in [0.05, 0.1) is 18.5 Å². The van der Waals surface area contributed by atoms with E-state index < -0.39 is 11.1 Å². The van der Waals surface area contributed by atoms with Crippen molar-refractivity contribution in [2.45, 2.75) is 0 Å². The molecule has 0 saturated carbocycles. The number of amides is 1. The summed E-state index contributed by atoms with van der Waals surface area (Å²) in [4.78, 5) is 40.7. The summed E-state index contributed by atoms with van der Waals surface area (Å²) in [6.45, 7) is 0. The van der Waals surface area contributed by atoms with Crippen molar-refractivity contribution < 1.29 is 9.53 Å².